The van der Waals surface area contributed by atoms with Crippen molar-refractivity contribution in [3.63, 3.8) is 0 Å². The minimum atomic E-state index is -3.75. The van der Waals surface area contributed by atoms with Gasteiger partial charge in [-0.15, -0.1) is 0 Å². The average Bonchev–Trinajstić information content (AvgIpc) is 1.81. The molecule has 0 atom stereocenters. The van der Waals surface area contributed by atoms with Gasteiger partial charge in [0.2, 0.25) is 0 Å². The summed E-state index contributed by atoms with van der Waals surface area (Å²) in [5.74, 6) is 0. The van der Waals surface area contributed by atoms with E-state index in [0.29, 0.717) is 12.8 Å². The predicted molar refractivity (Wildman–Crippen MR) is 45.7 cm³/mol. The van der Waals surface area contributed by atoms with E-state index in [1.54, 1.807) is 0 Å². The fourth-order valence-electron chi connectivity index (χ4n) is 0.614. The summed E-state index contributed by atoms with van der Waals surface area (Å²) in [6.45, 7) is 3.69. The van der Waals surface area contributed by atoms with Gasteiger partial charge in [-0.25, -0.2) is 5.14 Å². The van der Waals surface area contributed by atoms with Crippen LogP contribution in [0.3, 0.4) is 0 Å². The molecule has 0 aliphatic rings. The Morgan fingerprint density at radius 3 is 1.82 bits per heavy atom. The molecule has 0 aromatic heterocycles. The molecule has 0 fully saturated rings. The molecule has 4 nitrogen and oxygen atoms in total. The first-order chi connectivity index (χ1) is 4.49. The monoisotopic (exact) mass is 191 g/mol. The minimum absolute atomic E-state index is 0. The van der Waals surface area contributed by atoms with Crippen LogP contribution >= 0.6 is 0 Å². The predicted octanol–water partition coefficient (Wildman–Crippen LogP) is -0.253. The Balaban J connectivity index is 0. The van der Waals surface area contributed by atoms with Gasteiger partial charge in [0, 0.05) is 0 Å². The van der Waals surface area contributed by atoms with Crippen LogP contribution in [0.1, 0.15) is 26.7 Å². The zero-order chi connectivity index (χ0) is 8.20. The molecule has 0 saturated carbocycles. The van der Waals surface area contributed by atoms with E-state index in [2.05, 4.69) is 9.32 Å². The molecule has 0 amide bonds. The van der Waals surface area contributed by atoms with Crippen LogP contribution < -0.4 is 5.14 Å². The number of hydrogen-bond donors (Lipinski definition) is 1. The SMILES string of the molecule is CCC(CC)OS(N)(=O)=O.[NaH]. The first kappa shape index (κ1) is 14.4. The van der Waals surface area contributed by atoms with Crippen LogP contribution in [0, 0.1) is 0 Å². The molecule has 0 unspecified atom stereocenters. The standard InChI is InChI=1S/C5H13NO3S.Na.H/c1-3-5(4-2)9-10(6,7)8;;/h5H,3-4H2,1-2H3,(H2,6,7,8);;. The topological polar surface area (TPSA) is 69.4 Å². The molecule has 0 rings (SSSR count). The van der Waals surface area contributed by atoms with Gasteiger partial charge in [0.15, 0.2) is 0 Å². The molecule has 0 saturated heterocycles. The van der Waals surface area contributed by atoms with Crippen molar-refractivity contribution < 1.29 is 12.6 Å². The molecule has 0 bridgehead atoms. The van der Waals surface area contributed by atoms with Crippen LogP contribution in [-0.4, -0.2) is 44.1 Å². The van der Waals surface area contributed by atoms with Crippen molar-refractivity contribution >= 4 is 39.9 Å². The molecule has 64 valence electrons. The van der Waals surface area contributed by atoms with Crippen LogP contribution in [0.5, 0.6) is 0 Å². The second-order valence-electron chi connectivity index (χ2n) is 2.03. The molecule has 2 N–H and O–H groups in total. The summed E-state index contributed by atoms with van der Waals surface area (Å²) < 4.78 is 25.1. The summed E-state index contributed by atoms with van der Waals surface area (Å²) in [6, 6.07) is 0. The zero-order valence-corrected chi connectivity index (χ0v) is 7.02. The van der Waals surface area contributed by atoms with Crippen LogP contribution in [0.25, 0.3) is 0 Å². The van der Waals surface area contributed by atoms with E-state index in [-0.39, 0.29) is 35.7 Å². The number of nitrogens with two attached hydrogens (primary N) is 1. The Kier molecular flexibility index (Phi) is 8.37. The van der Waals surface area contributed by atoms with Crippen LogP contribution in [-0.2, 0) is 14.5 Å². The van der Waals surface area contributed by atoms with Crippen molar-refractivity contribution in [2.45, 2.75) is 32.8 Å². The maximum atomic E-state index is 10.3. The molecule has 0 heterocycles. The van der Waals surface area contributed by atoms with Gasteiger partial charge >= 0.3 is 39.9 Å². The Morgan fingerprint density at radius 1 is 1.36 bits per heavy atom. The van der Waals surface area contributed by atoms with Gasteiger partial charge in [-0.05, 0) is 12.8 Å². The van der Waals surface area contributed by atoms with E-state index in [1.807, 2.05) is 13.8 Å². The fraction of sp³-hybridized carbons (Fsp3) is 1.00. The molecule has 11 heavy (non-hydrogen) atoms. The summed E-state index contributed by atoms with van der Waals surface area (Å²) >= 11 is 0. The third kappa shape index (κ3) is 8.78. The normalized spacial score (nSPS) is 11.3. The Hall–Kier alpha value is 0.870. The second-order valence-corrected chi connectivity index (χ2v) is 3.21. The summed E-state index contributed by atoms with van der Waals surface area (Å²) in [7, 11) is -3.75. The van der Waals surface area contributed by atoms with Gasteiger partial charge in [0.05, 0.1) is 6.10 Å². The van der Waals surface area contributed by atoms with Crippen LogP contribution in [0.2, 0.25) is 0 Å². The van der Waals surface area contributed by atoms with Gasteiger partial charge in [0.1, 0.15) is 0 Å². The van der Waals surface area contributed by atoms with E-state index >= 15 is 0 Å². The number of rotatable bonds is 4. The van der Waals surface area contributed by atoms with Crippen LogP contribution in [0.4, 0.5) is 0 Å². The van der Waals surface area contributed by atoms with E-state index in [1.165, 1.54) is 0 Å². The molecule has 0 aliphatic carbocycles. The van der Waals surface area contributed by atoms with Gasteiger partial charge in [-0.3, -0.25) is 4.18 Å². The van der Waals surface area contributed by atoms with Crippen molar-refractivity contribution in [2.75, 3.05) is 0 Å². The third-order valence-electron chi connectivity index (χ3n) is 1.18. The first-order valence-corrected chi connectivity index (χ1v) is 4.67. The molecule has 0 aromatic rings. The quantitative estimate of drug-likeness (QED) is 0.623. The Morgan fingerprint density at radius 2 is 1.73 bits per heavy atom. The first-order valence-electron chi connectivity index (χ1n) is 3.20. The van der Waals surface area contributed by atoms with E-state index in [9.17, 15) is 8.42 Å². The van der Waals surface area contributed by atoms with Gasteiger partial charge in [-0.1, -0.05) is 13.8 Å². The maximum absolute atomic E-state index is 10.3. The molecule has 0 aromatic carbocycles. The van der Waals surface area contributed by atoms with Gasteiger partial charge in [-0.2, -0.15) is 8.42 Å². The molecule has 0 spiro atoms. The van der Waals surface area contributed by atoms with Gasteiger partial charge < -0.3 is 0 Å². The van der Waals surface area contributed by atoms with Crippen molar-refractivity contribution in [3.05, 3.63) is 0 Å². The molecule has 0 radical (unpaired) electrons. The van der Waals surface area contributed by atoms with E-state index in [0.717, 1.165) is 0 Å². The van der Waals surface area contributed by atoms with Gasteiger partial charge in [0.25, 0.3) is 0 Å². The number of hydrogen-bond acceptors (Lipinski definition) is 3. The van der Waals surface area contributed by atoms with E-state index < -0.39 is 10.3 Å². The Labute approximate surface area is 90.0 Å². The summed E-state index contributed by atoms with van der Waals surface area (Å²) in [5, 5.41) is 4.64. The fourth-order valence-corrected chi connectivity index (χ4v) is 1.27. The van der Waals surface area contributed by atoms with Crippen molar-refractivity contribution in [2.24, 2.45) is 5.14 Å². The molecular formula is C5H14NNaO3S. The molecule has 0 aliphatic heterocycles. The summed E-state index contributed by atoms with van der Waals surface area (Å²) in [5.41, 5.74) is 0. The average molecular weight is 191 g/mol. The molecule has 6 heteroatoms. The van der Waals surface area contributed by atoms with Crippen molar-refractivity contribution in [1.29, 1.82) is 0 Å². The molecular weight excluding hydrogens is 177 g/mol. The summed E-state index contributed by atoms with van der Waals surface area (Å²) in [4.78, 5) is 0. The summed E-state index contributed by atoms with van der Waals surface area (Å²) in [6.07, 6.45) is 1.05. The van der Waals surface area contributed by atoms with Crippen molar-refractivity contribution in [1.82, 2.24) is 0 Å². The van der Waals surface area contributed by atoms with Crippen molar-refractivity contribution in [3.8, 4) is 0 Å². The third-order valence-corrected chi connectivity index (χ3v) is 1.72. The van der Waals surface area contributed by atoms with Crippen LogP contribution in [0.15, 0.2) is 0 Å². The Bertz CT molecular complexity index is 176. The van der Waals surface area contributed by atoms with E-state index in [4.69, 9.17) is 0 Å². The second kappa shape index (κ2) is 6.39. The zero-order valence-electron chi connectivity index (χ0n) is 6.20.